The lowest BCUT2D eigenvalue weighted by atomic mass is 9.50. The SMILES string of the molecule is C=C1c2cccc(O)c2C(=O)C2C(=O)[C@]3(O)C(=O)C(C(N)=O)C(=O)C(N(C)C)C3C(O)C12. The van der Waals surface area contributed by atoms with Gasteiger partial charge in [0.05, 0.1) is 29.5 Å². The lowest BCUT2D eigenvalue weighted by Crippen LogP contribution is -2.77. The number of Topliss-reactive ketones (excluding diaryl/α,β-unsaturated/α-hetero) is 4. The Balaban J connectivity index is 1.97. The molecule has 0 bridgehead atoms. The molecule has 2 saturated carbocycles. The zero-order valence-corrected chi connectivity index (χ0v) is 17.3. The third kappa shape index (κ3) is 2.48. The van der Waals surface area contributed by atoms with Crippen molar-refractivity contribution < 1.29 is 39.3 Å². The molecule has 3 aliphatic carbocycles. The first-order chi connectivity index (χ1) is 14.9. The Morgan fingerprint density at radius 2 is 1.78 bits per heavy atom. The number of aromatic hydroxyl groups is 1. The Bertz CT molecular complexity index is 1120. The van der Waals surface area contributed by atoms with Gasteiger partial charge in [-0.2, -0.15) is 0 Å². The molecular formula is C22H22N2O8. The summed E-state index contributed by atoms with van der Waals surface area (Å²) < 4.78 is 0. The molecule has 0 radical (unpaired) electrons. The van der Waals surface area contributed by atoms with Gasteiger partial charge in [0.2, 0.25) is 5.91 Å². The fourth-order valence-corrected chi connectivity index (χ4v) is 5.57. The smallest absolute Gasteiger partial charge is 0.235 e. The second-order valence-corrected chi connectivity index (χ2v) is 8.75. The lowest BCUT2D eigenvalue weighted by molar-refractivity contribution is -0.192. The number of aliphatic hydroxyl groups is 2. The molecule has 1 aromatic carbocycles. The highest BCUT2D eigenvalue weighted by Crippen LogP contribution is 2.53. The molecule has 3 aliphatic rings. The Kier molecular flexibility index (Phi) is 4.74. The van der Waals surface area contributed by atoms with Gasteiger partial charge in [0.15, 0.2) is 34.7 Å². The maximum Gasteiger partial charge on any atom is 0.235 e. The first-order valence-electron chi connectivity index (χ1n) is 9.91. The molecule has 4 rings (SSSR count). The molecule has 5 N–H and O–H groups in total. The molecular weight excluding hydrogens is 420 g/mol. The largest absolute Gasteiger partial charge is 0.507 e. The maximum absolute atomic E-state index is 13.6. The number of carbonyl (C=O) groups excluding carboxylic acids is 5. The summed E-state index contributed by atoms with van der Waals surface area (Å²) in [6.07, 6.45) is -1.72. The minimum Gasteiger partial charge on any atom is -0.507 e. The minimum absolute atomic E-state index is 0.151. The molecule has 10 heteroatoms. The minimum atomic E-state index is -3.01. The topological polar surface area (TPSA) is 175 Å². The van der Waals surface area contributed by atoms with Crippen LogP contribution in [0.15, 0.2) is 24.8 Å². The highest BCUT2D eigenvalue weighted by molar-refractivity contribution is 6.33. The number of benzene rings is 1. The number of phenols is 1. The van der Waals surface area contributed by atoms with Crippen LogP contribution in [-0.2, 0) is 19.2 Å². The molecule has 32 heavy (non-hydrogen) atoms. The number of rotatable bonds is 2. The van der Waals surface area contributed by atoms with Gasteiger partial charge in [0, 0.05) is 5.92 Å². The number of fused-ring (bicyclic) bond motifs is 3. The van der Waals surface area contributed by atoms with E-state index in [0.717, 1.165) is 0 Å². The number of hydrogen-bond acceptors (Lipinski definition) is 9. The van der Waals surface area contributed by atoms with Gasteiger partial charge < -0.3 is 21.1 Å². The van der Waals surface area contributed by atoms with Gasteiger partial charge in [-0.05, 0) is 31.3 Å². The van der Waals surface area contributed by atoms with Crippen molar-refractivity contribution in [2.75, 3.05) is 14.1 Å². The summed E-state index contributed by atoms with van der Waals surface area (Å²) in [6.45, 7) is 3.90. The molecule has 7 atom stereocenters. The van der Waals surface area contributed by atoms with Crippen molar-refractivity contribution in [3.63, 3.8) is 0 Å². The van der Waals surface area contributed by atoms with E-state index < -0.39 is 76.2 Å². The third-order valence-electron chi connectivity index (χ3n) is 6.95. The van der Waals surface area contributed by atoms with Gasteiger partial charge >= 0.3 is 0 Å². The summed E-state index contributed by atoms with van der Waals surface area (Å²) in [5.74, 6) is -13.1. The summed E-state index contributed by atoms with van der Waals surface area (Å²) in [4.78, 5) is 66.2. The van der Waals surface area contributed by atoms with Crippen molar-refractivity contribution in [3.8, 4) is 5.75 Å². The summed E-state index contributed by atoms with van der Waals surface area (Å²) in [7, 11) is 2.85. The van der Waals surface area contributed by atoms with Crippen molar-refractivity contribution in [2.24, 2.45) is 29.4 Å². The highest BCUT2D eigenvalue weighted by atomic mass is 16.3. The van der Waals surface area contributed by atoms with Crippen LogP contribution in [0, 0.1) is 23.7 Å². The van der Waals surface area contributed by atoms with Crippen molar-refractivity contribution in [3.05, 3.63) is 35.9 Å². The maximum atomic E-state index is 13.6. The van der Waals surface area contributed by atoms with Gasteiger partial charge in [-0.25, -0.2) is 0 Å². The molecule has 0 saturated heterocycles. The van der Waals surface area contributed by atoms with E-state index in [4.69, 9.17) is 5.73 Å². The third-order valence-corrected chi connectivity index (χ3v) is 6.95. The number of phenolic OH excluding ortho intramolecular Hbond substituents is 1. The van der Waals surface area contributed by atoms with Gasteiger partial charge in [-0.1, -0.05) is 18.7 Å². The van der Waals surface area contributed by atoms with Gasteiger partial charge in [-0.3, -0.25) is 28.9 Å². The van der Waals surface area contributed by atoms with Crippen LogP contribution < -0.4 is 5.73 Å². The van der Waals surface area contributed by atoms with Crippen LogP contribution >= 0.6 is 0 Å². The number of nitrogens with two attached hydrogens (primary N) is 1. The van der Waals surface area contributed by atoms with E-state index in [1.807, 2.05) is 0 Å². The van der Waals surface area contributed by atoms with Crippen LogP contribution in [0.25, 0.3) is 5.57 Å². The molecule has 0 aromatic heterocycles. The van der Waals surface area contributed by atoms with E-state index in [0.29, 0.717) is 0 Å². The molecule has 0 heterocycles. The van der Waals surface area contributed by atoms with Gasteiger partial charge in [0.25, 0.3) is 0 Å². The van der Waals surface area contributed by atoms with Crippen LogP contribution in [0.5, 0.6) is 5.75 Å². The fourth-order valence-electron chi connectivity index (χ4n) is 5.57. The molecule has 2 fully saturated rings. The summed E-state index contributed by atoms with van der Waals surface area (Å²) in [5.41, 5.74) is 2.38. The van der Waals surface area contributed by atoms with E-state index >= 15 is 0 Å². The number of primary amides is 1. The molecule has 1 amide bonds. The molecule has 10 nitrogen and oxygen atoms in total. The van der Waals surface area contributed by atoms with Crippen LogP contribution in [0.1, 0.15) is 15.9 Å². The lowest BCUT2D eigenvalue weighted by Gasteiger charge is -2.55. The number of likely N-dealkylation sites (N-methyl/N-ethyl adjacent to an activating group) is 1. The van der Waals surface area contributed by atoms with Crippen molar-refractivity contribution in [1.29, 1.82) is 0 Å². The molecule has 0 spiro atoms. The monoisotopic (exact) mass is 442 g/mol. The average molecular weight is 442 g/mol. The number of aliphatic hydroxyl groups excluding tert-OH is 1. The second kappa shape index (κ2) is 6.89. The van der Waals surface area contributed by atoms with Crippen LogP contribution in [0.2, 0.25) is 0 Å². The Hall–Kier alpha value is -3.21. The van der Waals surface area contributed by atoms with E-state index in [-0.39, 0.29) is 16.7 Å². The van der Waals surface area contributed by atoms with E-state index in [9.17, 15) is 39.3 Å². The standard InChI is InChI=1S/C22H22N2O8/c1-7-8-5-4-6-9(25)11(8)16(26)12-10(7)17(27)14-15(24(2)3)18(28)13(21(23)31)20(30)22(14,32)19(12)29/h4-6,10,12-15,17,25,27,32H,1H2,2-3H3,(H2,23,31)/t10?,12?,13?,14?,15?,17?,22-/m0/s1. The van der Waals surface area contributed by atoms with E-state index in [1.165, 1.54) is 37.2 Å². The zero-order chi connectivity index (χ0) is 23.9. The van der Waals surface area contributed by atoms with E-state index in [2.05, 4.69) is 6.58 Å². The van der Waals surface area contributed by atoms with E-state index in [1.54, 1.807) is 0 Å². The number of ketones is 4. The molecule has 6 unspecified atom stereocenters. The number of nitrogens with zero attached hydrogens (tertiary/aromatic N) is 1. The van der Waals surface area contributed by atoms with Gasteiger partial charge in [0.1, 0.15) is 5.75 Å². The Morgan fingerprint density at radius 3 is 2.34 bits per heavy atom. The predicted molar refractivity (Wildman–Crippen MR) is 108 cm³/mol. The average Bonchev–Trinajstić information content (AvgIpc) is 2.70. The number of amides is 1. The summed E-state index contributed by atoms with van der Waals surface area (Å²) in [6, 6.07) is 2.78. The van der Waals surface area contributed by atoms with Crippen molar-refractivity contribution in [1.82, 2.24) is 4.90 Å². The van der Waals surface area contributed by atoms with Gasteiger partial charge in [-0.15, -0.1) is 0 Å². The Labute approximate surface area is 182 Å². The quantitative estimate of drug-likeness (QED) is 0.389. The zero-order valence-electron chi connectivity index (χ0n) is 17.3. The highest BCUT2D eigenvalue weighted by Gasteiger charge is 2.72. The number of carbonyl (C=O) groups is 5. The summed E-state index contributed by atoms with van der Waals surface area (Å²) >= 11 is 0. The first-order valence-corrected chi connectivity index (χ1v) is 9.91. The molecule has 168 valence electrons. The first kappa shape index (κ1) is 22.0. The number of hydrogen-bond donors (Lipinski definition) is 4. The predicted octanol–water partition coefficient (Wildman–Crippen LogP) is -1.69. The summed E-state index contributed by atoms with van der Waals surface area (Å²) in [5, 5.41) is 33.0. The Morgan fingerprint density at radius 1 is 1.16 bits per heavy atom. The van der Waals surface area contributed by atoms with Crippen molar-refractivity contribution in [2.45, 2.75) is 17.7 Å². The normalized spacial score (nSPS) is 36.6. The van der Waals surface area contributed by atoms with Crippen LogP contribution in [0.3, 0.4) is 0 Å². The van der Waals surface area contributed by atoms with Crippen molar-refractivity contribution >= 4 is 34.6 Å². The molecule has 0 aliphatic heterocycles. The van der Waals surface area contributed by atoms with Crippen LogP contribution in [0.4, 0.5) is 0 Å². The van der Waals surface area contributed by atoms with Crippen LogP contribution in [-0.4, -0.2) is 81.1 Å². The molecule has 1 aromatic rings. The fraction of sp³-hybridized carbons (Fsp3) is 0.409. The second-order valence-electron chi connectivity index (χ2n) is 8.75.